The van der Waals surface area contributed by atoms with Gasteiger partial charge in [0.25, 0.3) is 0 Å². The van der Waals surface area contributed by atoms with Crippen LogP contribution in [0.5, 0.6) is 0 Å². The molecule has 0 bridgehead atoms. The highest BCUT2D eigenvalue weighted by atomic mass is 35.5. The van der Waals surface area contributed by atoms with Gasteiger partial charge in [-0.25, -0.2) is 4.98 Å². The van der Waals surface area contributed by atoms with Crippen LogP contribution in [-0.2, 0) is 0 Å². The fourth-order valence-electron chi connectivity index (χ4n) is 2.73. The Bertz CT molecular complexity index is 645. The lowest BCUT2D eigenvalue weighted by molar-refractivity contribution is 0.440. The molecule has 1 saturated heterocycles. The van der Waals surface area contributed by atoms with Gasteiger partial charge in [-0.1, -0.05) is 35.9 Å². The first-order chi connectivity index (χ1) is 10.0. The molecule has 1 aliphatic rings. The van der Waals surface area contributed by atoms with E-state index in [-0.39, 0.29) is 0 Å². The fourth-order valence-corrected chi connectivity index (χ4v) is 3.76. The number of benzene rings is 1. The van der Waals surface area contributed by atoms with E-state index in [9.17, 15) is 0 Å². The van der Waals surface area contributed by atoms with Crippen molar-refractivity contribution in [1.29, 1.82) is 0 Å². The summed E-state index contributed by atoms with van der Waals surface area (Å²) in [5, 5.41) is 2.61. The molecular weight excluding hydrogens is 302 g/mol. The number of nitrogen functional groups attached to an aromatic ring is 1. The molecule has 2 aromatic rings. The predicted molar refractivity (Wildman–Crippen MR) is 92.3 cm³/mol. The standard InChI is InChI=1S/C16H20ClN3S/c1-10-5-7-20(8-6-10)15-14(19-16(18)21-15)12-3-4-13(17)11(2)9-12/h3-4,9-10H,5-8H2,1-2H3,(H2,18,19). The summed E-state index contributed by atoms with van der Waals surface area (Å²) < 4.78 is 0. The van der Waals surface area contributed by atoms with Gasteiger partial charge in [0.15, 0.2) is 5.13 Å². The minimum atomic E-state index is 0.631. The van der Waals surface area contributed by atoms with Gasteiger partial charge in [-0.05, 0) is 43.4 Å². The largest absolute Gasteiger partial charge is 0.375 e. The number of hydrogen-bond acceptors (Lipinski definition) is 4. The quantitative estimate of drug-likeness (QED) is 0.879. The Balaban J connectivity index is 1.97. The lowest BCUT2D eigenvalue weighted by Gasteiger charge is -2.31. The molecule has 5 heteroatoms. The lowest BCUT2D eigenvalue weighted by atomic mass is 9.99. The predicted octanol–water partition coefficient (Wildman–Crippen LogP) is 4.59. The highest BCUT2D eigenvalue weighted by Gasteiger charge is 2.22. The second kappa shape index (κ2) is 5.85. The Hall–Kier alpha value is -1.26. The van der Waals surface area contributed by atoms with Crippen LogP contribution in [0.15, 0.2) is 18.2 Å². The van der Waals surface area contributed by atoms with E-state index in [1.54, 1.807) is 11.3 Å². The summed E-state index contributed by atoms with van der Waals surface area (Å²) in [6.45, 7) is 6.51. The van der Waals surface area contributed by atoms with E-state index in [2.05, 4.69) is 22.9 Å². The van der Waals surface area contributed by atoms with Crippen LogP contribution in [0.25, 0.3) is 11.3 Å². The molecule has 0 aliphatic carbocycles. The Labute approximate surface area is 134 Å². The van der Waals surface area contributed by atoms with Crippen molar-refractivity contribution in [2.45, 2.75) is 26.7 Å². The average molecular weight is 322 g/mol. The van der Waals surface area contributed by atoms with Crippen molar-refractivity contribution in [3.63, 3.8) is 0 Å². The lowest BCUT2D eigenvalue weighted by Crippen LogP contribution is -2.32. The molecule has 21 heavy (non-hydrogen) atoms. The highest BCUT2D eigenvalue weighted by molar-refractivity contribution is 7.19. The van der Waals surface area contributed by atoms with E-state index in [0.29, 0.717) is 5.13 Å². The van der Waals surface area contributed by atoms with Gasteiger partial charge >= 0.3 is 0 Å². The summed E-state index contributed by atoms with van der Waals surface area (Å²) in [4.78, 5) is 6.98. The number of rotatable bonds is 2. The number of nitrogens with zero attached hydrogens (tertiary/aromatic N) is 2. The third kappa shape index (κ3) is 3.01. The van der Waals surface area contributed by atoms with Crippen LogP contribution in [0.4, 0.5) is 10.1 Å². The molecule has 1 fully saturated rings. The van der Waals surface area contributed by atoms with Crippen LogP contribution in [0.1, 0.15) is 25.3 Å². The summed E-state index contributed by atoms with van der Waals surface area (Å²) >= 11 is 7.71. The highest BCUT2D eigenvalue weighted by Crippen LogP contribution is 2.39. The van der Waals surface area contributed by atoms with Crippen molar-refractivity contribution in [1.82, 2.24) is 4.98 Å². The van der Waals surface area contributed by atoms with Gasteiger partial charge in [-0.2, -0.15) is 0 Å². The van der Waals surface area contributed by atoms with Gasteiger partial charge in [-0.3, -0.25) is 0 Å². The third-order valence-corrected chi connectivity index (χ3v) is 5.50. The third-order valence-electron chi connectivity index (χ3n) is 4.13. The van der Waals surface area contributed by atoms with Crippen LogP contribution >= 0.6 is 22.9 Å². The summed E-state index contributed by atoms with van der Waals surface area (Å²) in [5.41, 5.74) is 9.13. The molecule has 0 amide bonds. The van der Waals surface area contributed by atoms with Gasteiger partial charge in [0.05, 0.1) is 0 Å². The van der Waals surface area contributed by atoms with Gasteiger partial charge in [0.1, 0.15) is 10.7 Å². The number of halogens is 1. The van der Waals surface area contributed by atoms with E-state index >= 15 is 0 Å². The van der Waals surface area contributed by atoms with Crippen LogP contribution in [-0.4, -0.2) is 18.1 Å². The Morgan fingerprint density at radius 3 is 2.71 bits per heavy atom. The van der Waals surface area contributed by atoms with Crippen molar-refractivity contribution in [2.24, 2.45) is 5.92 Å². The molecule has 3 rings (SSSR count). The van der Waals surface area contributed by atoms with E-state index in [1.165, 1.54) is 17.8 Å². The van der Waals surface area contributed by atoms with E-state index in [4.69, 9.17) is 17.3 Å². The first-order valence-corrected chi connectivity index (χ1v) is 8.52. The molecule has 3 nitrogen and oxygen atoms in total. The van der Waals surface area contributed by atoms with Gasteiger partial charge in [0, 0.05) is 23.7 Å². The Morgan fingerprint density at radius 1 is 1.33 bits per heavy atom. The molecule has 0 saturated carbocycles. The summed E-state index contributed by atoms with van der Waals surface area (Å²) in [5.74, 6) is 0.813. The minimum absolute atomic E-state index is 0.631. The first kappa shape index (κ1) is 14.7. The van der Waals surface area contributed by atoms with Crippen LogP contribution in [0, 0.1) is 12.8 Å². The topological polar surface area (TPSA) is 42.1 Å². The van der Waals surface area contributed by atoms with Crippen LogP contribution in [0.3, 0.4) is 0 Å². The zero-order valence-corrected chi connectivity index (χ0v) is 14.0. The molecule has 1 aromatic heterocycles. The number of hydrogen-bond donors (Lipinski definition) is 1. The maximum Gasteiger partial charge on any atom is 0.182 e. The molecule has 2 N–H and O–H groups in total. The number of nitrogens with two attached hydrogens (primary N) is 1. The number of aryl methyl sites for hydroxylation is 1. The zero-order chi connectivity index (χ0) is 15.0. The average Bonchev–Trinajstić information content (AvgIpc) is 2.85. The first-order valence-electron chi connectivity index (χ1n) is 7.32. The van der Waals surface area contributed by atoms with Crippen molar-refractivity contribution in [3.8, 4) is 11.3 Å². The summed E-state index contributed by atoms with van der Waals surface area (Å²) in [6, 6.07) is 6.05. The van der Waals surface area contributed by atoms with Crippen molar-refractivity contribution < 1.29 is 0 Å². The smallest absolute Gasteiger partial charge is 0.182 e. The number of piperidine rings is 1. The van der Waals surface area contributed by atoms with Gasteiger partial charge < -0.3 is 10.6 Å². The van der Waals surface area contributed by atoms with Crippen LogP contribution in [0.2, 0.25) is 5.02 Å². The van der Waals surface area contributed by atoms with Crippen LogP contribution < -0.4 is 10.6 Å². The molecule has 2 heterocycles. The normalized spacial score (nSPS) is 16.4. The van der Waals surface area contributed by atoms with Gasteiger partial charge in [-0.15, -0.1) is 0 Å². The monoisotopic (exact) mass is 321 g/mol. The molecule has 1 aliphatic heterocycles. The number of anilines is 2. The molecule has 0 radical (unpaired) electrons. The molecular formula is C16H20ClN3S. The maximum atomic E-state index is 6.12. The second-order valence-electron chi connectivity index (χ2n) is 5.84. The Morgan fingerprint density at radius 2 is 2.05 bits per heavy atom. The number of thiazole rings is 1. The van der Waals surface area contributed by atoms with Crippen molar-refractivity contribution in [3.05, 3.63) is 28.8 Å². The second-order valence-corrected chi connectivity index (χ2v) is 7.26. The van der Waals surface area contributed by atoms with Crippen molar-refractivity contribution in [2.75, 3.05) is 23.7 Å². The van der Waals surface area contributed by atoms with E-state index < -0.39 is 0 Å². The molecule has 112 valence electrons. The Kier molecular flexibility index (Phi) is 4.09. The van der Waals surface area contributed by atoms with E-state index in [1.807, 2.05) is 19.1 Å². The zero-order valence-electron chi connectivity index (χ0n) is 12.4. The van der Waals surface area contributed by atoms with Gasteiger partial charge in [0.2, 0.25) is 0 Å². The molecule has 0 atom stereocenters. The molecule has 0 unspecified atom stereocenters. The molecule has 1 aromatic carbocycles. The fraction of sp³-hybridized carbons (Fsp3) is 0.438. The summed E-state index contributed by atoms with van der Waals surface area (Å²) in [7, 11) is 0. The minimum Gasteiger partial charge on any atom is -0.375 e. The van der Waals surface area contributed by atoms with E-state index in [0.717, 1.165) is 40.9 Å². The van der Waals surface area contributed by atoms with Crippen molar-refractivity contribution >= 4 is 33.1 Å². The summed E-state index contributed by atoms with van der Waals surface area (Å²) in [6.07, 6.45) is 2.47. The number of aromatic nitrogens is 1. The molecule has 0 spiro atoms. The maximum absolute atomic E-state index is 6.12. The SMILES string of the molecule is Cc1cc(-c2nc(N)sc2N2CCC(C)CC2)ccc1Cl.